The Bertz CT molecular complexity index is 218. The maximum atomic E-state index is 2.17. The Morgan fingerprint density at radius 1 is 0.619 bits per heavy atom. The van der Waals surface area contributed by atoms with Crippen LogP contribution in [0.1, 0.15) is 13.8 Å². The van der Waals surface area contributed by atoms with E-state index < -0.39 is 0 Å². The molecule has 2 rings (SSSR count). The van der Waals surface area contributed by atoms with E-state index >= 15 is 0 Å². The number of rotatable bonds is 0. The van der Waals surface area contributed by atoms with Gasteiger partial charge in [-0.15, -0.1) is 9.80 Å². The van der Waals surface area contributed by atoms with E-state index in [4.69, 9.17) is 0 Å². The third-order valence-electron chi connectivity index (χ3n) is 3.95. The standard InChI is InChI=1S/2C6H14N3.2CH3.Ni/c2*1-6-7(2)5-8(3)9(6)4;;;/h2*5-6H,1-4H3;2*1H3;/q2*+1;2*-1;+2. The third kappa shape index (κ3) is 6.32. The minimum absolute atomic E-state index is 0. The summed E-state index contributed by atoms with van der Waals surface area (Å²) in [7, 11) is 12.4. The van der Waals surface area contributed by atoms with Crippen LogP contribution in [-0.2, 0) is 16.5 Å². The number of hydrazine groups is 2. The zero-order valence-electron chi connectivity index (χ0n) is 15.3. The molecule has 0 amide bonds. The Kier molecular flexibility index (Phi) is 13.2. The zero-order valence-corrected chi connectivity index (χ0v) is 16.3. The topological polar surface area (TPSA) is 19.4 Å². The van der Waals surface area contributed by atoms with E-state index in [0.29, 0.717) is 12.3 Å². The summed E-state index contributed by atoms with van der Waals surface area (Å²) >= 11 is 0. The minimum atomic E-state index is 0. The van der Waals surface area contributed by atoms with Gasteiger partial charge in [0.15, 0.2) is 0 Å². The molecule has 0 aromatic carbocycles. The Hall–Kier alpha value is -0.00649. The molecule has 2 saturated heterocycles. The second-order valence-corrected chi connectivity index (χ2v) is 5.12. The SMILES string of the molecule is CC1N(C)[CH+]N(C)N1C.CC1N(C)[CH+]N(C)N1C.[CH3-].[CH3-].[Ni+2]. The molecule has 2 fully saturated rings. The summed E-state index contributed by atoms with van der Waals surface area (Å²) in [5.74, 6) is 0. The van der Waals surface area contributed by atoms with Gasteiger partial charge >= 0.3 is 16.5 Å². The molecule has 128 valence electrons. The molecule has 2 aliphatic heterocycles. The summed E-state index contributed by atoms with van der Waals surface area (Å²) in [6.07, 6.45) is 0.991. The maximum absolute atomic E-state index is 2.17. The molecule has 2 heterocycles. The summed E-state index contributed by atoms with van der Waals surface area (Å²) in [5, 5.41) is 8.48. The third-order valence-corrected chi connectivity index (χ3v) is 3.95. The molecule has 0 N–H and O–H groups in total. The van der Waals surface area contributed by atoms with Crippen molar-refractivity contribution in [2.75, 3.05) is 42.3 Å². The van der Waals surface area contributed by atoms with E-state index in [1.165, 1.54) is 0 Å². The van der Waals surface area contributed by atoms with Crippen LogP contribution >= 0.6 is 0 Å². The van der Waals surface area contributed by atoms with E-state index in [0.717, 1.165) is 0 Å². The molecule has 0 aromatic rings. The van der Waals surface area contributed by atoms with Gasteiger partial charge in [0.25, 0.3) is 13.3 Å². The molecule has 6 nitrogen and oxygen atoms in total. The summed E-state index contributed by atoms with van der Waals surface area (Å²) in [6.45, 7) is 8.48. The normalized spacial score (nSPS) is 28.4. The van der Waals surface area contributed by atoms with Crippen molar-refractivity contribution in [3.8, 4) is 0 Å². The first kappa shape index (κ1) is 25.9. The average Bonchev–Trinajstić information content (AvgIpc) is 2.66. The summed E-state index contributed by atoms with van der Waals surface area (Å²) in [4.78, 5) is 4.33. The Labute approximate surface area is 143 Å². The summed E-state index contributed by atoms with van der Waals surface area (Å²) in [6, 6.07) is 0. The van der Waals surface area contributed by atoms with Gasteiger partial charge in [-0.3, -0.25) is 0 Å². The van der Waals surface area contributed by atoms with Crippen molar-refractivity contribution in [1.82, 2.24) is 29.8 Å². The fourth-order valence-corrected chi connectivity index (χ4v) is 1.94. The van der Waals surface area contributed by atoms with Gasteiger partial charge in [0, 0.05) is 42.3 Å². The van der Waals surface area contributed by atoms with Crippen LogP contribution in [0.2, 0.25) is 0 Å². The molecule has 21 heavy (non-hydrogen) atoms. The van der Waals surface area contributed by atoms with Crippen LogP contribution in [0, 0.1) is 28.2 Å². The summed E-state index contributed by atoms with van der Waals surface area (Å²) < 4.78 is 0. The molecule has 0 spiro atoms. The predicted octanol–water partition coefficient (Wildman–Crippen LogP) is 1.25. The fourth-order valence-electron chi connectivity index (χ4n) is 1.94. The molecule has 0 aromatic heterocycles. The molecular weight excluding hydrogens is 311 g/mol. The van der Waals surface area contributed by atoms with Crippen LogP contribution in [-0.4, -0.2) is 84.5 Å². The molecular formula is C14H34N6Ni+2. The Balaban J connectivity index is -0.000000270. The van der Waals surface area contributed by atoms with Gasteiger partial charge in [-0.25, -0.2) is 0 Å². The van der Waals surface area contributed by atoms with Crippen molar-refractivity contribution >= 4 is 0 Å². The molecule has 7 heteroatoms. The van der Waals surface area contributed by atoms with Crippen molar-refractivity contribution < 1.29 is 16.5 Å². The molecule has 2 atom stereocenters. The first-order valence-electron chi connectivity index (χ1n) is 6.30. The van der Waals surface area contributed by atoms with Crippen molar-refractivity contribution in [2.24, 2.45) is 0 Å². The van der Waals surface area contributed by atoms with Crippen LogP contribution in [0.5, 0.6) is 0 Å². The molecule has 0 saturated carbocycles. The first-order chi connectivity index (χ1) is 8.25. The van der Waals surface area contributed by atoms with Crippen molar-refractivity contribution in [1.29, 1.82) is 0 Å². The number of hydrogen-bond donors (Lipinski definition) is 0. The Morgan fingerprint density at radius 2 is 0.857 bits per heavy atom. The van der Waals surface area contributed by atoms with Gasteiger partial charge in [0.1, 0.15) is 12.3 Å². The second kappa shape index (κ2) is 10.7. The molecule has 0 bridgehead atoms. The summed E-state index contributed by atoms with van der Waals surface area (Å²) in [5.41, 5.74) is 0. The van der Waals surface area contributed by atoms with Crippen LogP contribution in [0.25, 0.3) is 0 Å². The van der Waals surface area contributed by atoms with Gasteiger partial charge < -0.3 is 14.9 Å². The van der Waals surface area contributed by atoms with Gasteiger partial charge in [0.05, 0.1) is 0 Å². The van der Waals surface area contributed by atoms with E-state index in [1.807, 2.05) is 14.1 Å². The van der Waals surface area contributed by atoms with Crippen LogP contribution in [0.3, 0.4) is 0 Å². The molecule has 0 aliphatic carbocycles. The van der Waals surface area contributed by atoms with Crippen molar-refractivity contribution in [2.45, 2.75) is 26.2 Å². The monoisotopic (exact) mass is 344 g/mol. The van der Waals surface area contributed by atoms with Gasteiger partial charge in [-0.1, -0.05) is 10.0 Å². The quantitative estimate of drug-likeness (QED) is 0.483. The van der Waals surface area contributed by atoms with Gasteiger partial charge in [-0.05, 0) is 13.8 Å². The largest absolute Gasteiger partial charge is 2.00 e. The molecule has 2 aliphatic rings. The molecule has 0 radical (unpaired) electrons. The van der Waals surface area contributed by atoms with Crippen LogP contribution in [0.15, 0.2) is 0 Å². The smallest absolute Gasteiger partial charge is 0.358 e. The van der Waals surface area contributed by atoms with E-state index in [9.17, 15) is 0 Å². The second-order valence-electron chi connectivity index (χ2n) is 5.12. The molecule has 2 unspecified atom stereocenters. The van der Waals surface area contributed by atoms with E-state index in [1.54, 1.807) is 0 Å². The van der Waals surface area contributed by atoms with E-state index in [-0.39, 0.29) is 31.3 Å². The van der Waals surface area contributed by atoms with Gasteiger partial charge in [-0.2, -0.15) is 10.0 Å². The first-order valence-corrected chi connectivity index (χ1v) is 6.30. The maximum Gasteiger partial charge on any atom is 2.00 e. The average molecular weight is 345 g/mol. The number of nitrogens with zero attached hydrogens (tertiary/aromatic N) is 6. The zero-order chi connectivity index (χ0) is 14.0. The van der Waals surface area contributed by atoms with Crippen molar-refractivity contribution in [3.63, 3.8) is 0 Å². The Morgan fingerprint density at radius 3 is 0.905 bits per heavy atom. The van der Waals surface area contributed by atoms with Crippen LogP contribution in [0.4, 0.5) is 0 Å². The van der Waals surface area contributed by atoms with Gasteiger partial charge in [0.2, 0.25) is 0 Å². The minimum Gasteiger partial charge on any atom is -0.358 e. The number of hydrogen-bond acceptors (Lipinski definition) is 6. The fraction of sp³-hybridized carbons (Fsp3) is 0.714. The van der Waals surface area contributed by atoms with E-state index in [2.05, 4.69) is 85.2 Å². The van der Waals surface area contributed by atoms with Crippen molar-refractivity contribution in [3.05, 3.63) is 28.2 Å². The predicted molar refractivity (Wildman–Crippen MR) is 86.9 cm³/mol. The van der Waals surface area contributed by atoms with Crippen LogP contribution < -0.4 is 0 Å².